The molecule has 0 saturated heterocycles. The van der Waals surface area contributed by atoms with Gasteiger partial charge in [-0.2, -0.15) is 0 Å². The summed E-state index contributed by atoms with van der Waals surface area (Å²) in [7, 11) is 0. The van der Waals surface area contributed by atoms with Crippen LogP contribution in [-0.2, 0) is 31.3 Å². The van der Waals surface area contributed by atoms with Crippen molar-refractivity contribution in [2.45, 2.75) is 0 Å². The smallest absolute Gasteiger partial charge is 0 e. The second kappa shape index (κ2) is 29.8. The normalized spacial score (nSPS) is 4.71. The second-order valence-electron chi connectivity index (χ2n) is 1.41. The molecule has 72 valence electrons. The third-order valence-corrected chi connectivity index (χ3v) is 0.800. The van der Waals surface area contributed by atoms with Gasteiger partial charge in [-0.3, -0.25) is 0 Å². The SMILES string of the molecule is Nc1ccccc1.[C-]#[O+].[C-]#[O+].[C-]#[O+].[Cr]. The number of benzene rings is 1. The Morgan fingerprint density at radius 2 is 1.07 bits per heavy atom. The number of anilines is 1. The summed E-state index contributed by atoms with van der Waals surface area (Å²) in [6.07, 6.45) is 0. The van der Waals surface area contributed by atoms with Crippen molar-refractivity contribution in [3.05, 3.63) is 50.3 Å². The van der Waals surface area contributed by atoms with Gasteiger partial charge in [0.1, 0.15) is 0 Å². The molecule has 0 aromatic heterocycles. The Morgan fingerprint density at radius 1 is 0.786 bits per heavy atom. The first kappa shape index (κ1) is 23.0. The predicted molar refractivity (Wildman–Crippen MR) is 42.6 cm³/mol. The van der Waals surface area contributed by atoms with Crippen LogP contribution < -0.4 is 5.73 Å². The van der Waals surface area contributed by atoms with Crippen molar-refractivity contribution in [1.29, 1.82) is 0 Å². The van der Waals surface area contributed by atoms with E-state index in [2.05, 4.69) is 20.0 Å². The standard InChI is InChI=1S/C6H7N.3CO.Cr/c7-6-4-2-1-3-5-6;3*1-2;/h1-5H,7H2;;;;. The molecule has 14 heavy (non-hydrogen) atoms. The van der Waals surface area contributed by atoms with Crippen LogP contribution in [-0.4, -0.2) is 0 Å². The van der Waals surface area contributed by atoms with E-state index in [0.29, 0.717) is 0 Å². The summed E-state index contributed by atoms with van der Waals surface area (Å²) in [5, 5.41) is 0. The molecule has 0 aliphatic carbocycles. The van der Waals surface area contributed by atoms with E-state index < -0.39 is 0 Å². The van der Waals surface area contributed by atoms with Gasteiger partial charge in [-0.05, 0) is 12.1 Å². The molecule has 0 unspecified atom stereocenters. The first-order valence-corrected chi connectivity index (χ1v) is 2.81. The van der Waals surface area contributed by atoms with Gasteiger partial charge in [0.05, 0.1) is 0 Å². The molecule has 4 nitrogen and oxygen atoms in total. The third kappa shape index (κ3) is 22.4. The number of hydrogen-bond donors (Lipinski definition) is 1. The molecule has 5 heteroatoms. The average molecular weight is 229 g/mol. The quantitative estimate of drug-likeness (QED) is 0.404. The van der Waals surface area contributed by atoms with Gasteiger partial charge in [0, 0.05) is 23.0 Å². The van der Waals surface area contributed by atoms with Crippen LogP contribution in [0, 0.1) is 20.0 Å². The zero-order valence-corrected chi connectivity index (χ0v) is 8.37. The van der Waals surface area contributed by atoms with Crippen molar-refractivity contribution >= 4 is 5.69 Å². The van der Waals surface area contributed by atoms with E-state index in [-0.39, 0.29) is 17.4 Å². The van der Waals surface area contributed by atoms with Crippen LogP contribution in [0.3, 0.4) is 0 Å². The fourth-order valence-corrected chi connectivity index (χ4v) is 0.453. The van der Waals surface area contributed by atoms with Crippen LogP contribution >= 0.6 is 0 Å². The molecule has 0 saturated carbocycles. The van der Waals surface area contributed by atoms with E-state index in [4.69, 9.17) is 19.7 Å². The fourth-order valence-electron chi connectivity index (χ4n) is 0.453. The van der Waals surface area contributed by atoms with Crippen molar-refractivity contribution in [1.82, 2.24) is 0 Å². The number of nitrogen functional groups attached to an aromatic ring is 1. The number of hydrogen-bond acceptors (Lipinski definition) is 1. The molecule has 2 N–H and O–H groups in total. The van der Waals surface area contributed by atoms with Crippen molar-refractivity contribution < 1.29 is 31.3 Å². The summed E-state index contributed by atoms with van der Waals surface area (Å²) in [4.78, 5) is 0. The third-order valence-electron chi connectivity index (χ3n) is 0.800. The Hall–Kier alpha value is -1.23. The molecule has 1 aromatic carbocycles. The Bertz CT molecular complexity index is 229. The minimum atomic E-state index is 0. The molecule has 0 atom stereocenters. The number of nitrogens with two attached hydrogens (primary N) is 1. The molecule has 0 heterocycles. The summed E-state index contributed by atoms with van der Waals surface area (Å²) in [5.41, 5.74) is 6.18. The number of para-hydroxylation sites is 1. The van der Waals surface area contributed by atoms with Gasteiger partial charge >= 0.3 is 33.9 Å². The topological polar surface area (TPSA) is 85.7 Å². The molecule has 0 bridgehead atoms. The van der Waals surface area contributed by atoms with Crippen molar-refractivity contribution in [2.75, 3.05) is 5.73 Å². The van der Waals surface area contributed by atoms with Gasteiger partial charge < -0.3 is 5.73 Å². The zero-order valence-electron chi connectivity index (χ0n) is 7.10. The summed E-state index contributed by atoms with van der Waals surface area (Å²) in [5.74, 6) is 0. The van der Waals surface area contributed by atoms with E-state index >= 15 is 0 Å². The Balaban J connectivity index is -0.0000000625. The summed E-state index contributed by atoms with van der Waals surface area (Å²) in [6, 6.07) is 9.49. The molecule has 1 aromatic rings. The van der Waals surface area contributed by atoms with Gasteiger partial charge in [0.2, 0.25) is 0 Å². The largest absolute Gasteiger partial charge is 0 e. The van der Waals surface area contributed by atoms with Crippen LogP contribution in [0.2, 0.25) is 0 Å². The van der Waals surface area contributed by atoms with E-state index in [0.717, 1.165) is 5.69 Å². The van der Waals surface area contributed by atoms with Gasteiger partial charge in [-0.1, -0.05) is 18.2 Å². The maximum atomic E-state index is 7.50. The van der Waals surface area contributed by atoms with Gasteiger partial charge in [0.15, 0.2) is 0 Å². The van der Waals surface area contributed by atoms with Gasteiger partial charge in [-0.15, -0.1) is 0 Å². The van der Waals surface area contributed by atoms with Crippen LogP contribution in [0.5, 0.6) is 0 Å². The number of rotatable bonds is 0. The Morgan fingerprint density at radius 3 is 1.21 bits per heavy atom. The summed E-state index contributed by atoms with van der Waals surface area (Å²) in [6.45, 7) is 13.5. The van der Waals surface area contributed by atoms with Crippen LogP contribution in [0.15, 0.2) is 30.3 Å². The zero-order chi connectivity index (χ0) is 11.1. The van der Waals surface area contributed by atoms with Crippen LogP contribution in [0.25, 0.3) is 0 Å². The average Bonchev–Trinajstić information content (AvgIpc) is 2.28. The van der Waals surface area contributed by atoms with Gasteiger partial charge in [0.25, 0.3) is 0 Å². The van der Waals surface area contributed by atoms with Crippen molar-refractivity contribution in [3.8, 4) is 0 Å². The Kier molecular flexibility index (Phi) is 48.9. The monoisotopic (exact) mass is 229 g/mol. The molecular weight excluding hydrogens is 222 g/mol. The minimum absolute atomic E-state index is 0. The van der Waals surface area contributed by atoms with Crippen LogP contribution in [0.4, 0.5) is 5.69 Å². The minimum Gasteiger partial charge on any atom is 0 e. The molecular formula is C9H7CrNO3. The second-order valence-corrected chi connectivity index (χ2v) is 1.41. The maximum Gasteiger partial charge on any atom is 0 e. The predicted octanol–water partition coefficient (Wildman–Crippen LogP) is 1.15. The van der Waals surface area contributed by atoms with Crippen molar-refractivity contribution in [2.24, 2.45) is 0 Å². The van der Waals surface area contributed by atoms with E-state index in [1.807, 2.05) is 30.3 Å². The fraction of sp³-hybridized carbons (Fsp3) is 0. The summed E-state index contributed by atoms with van der Waals surface area (Å²) < 4.78 is 22.5. The molecule has 0 radical (unpaired) electrons. The first-order chi connectivity index (χ1) is 6.39. The summed E-state index contributed by atoms with van der Waals surface area (Å²) >= 11 is 0. The molecule has 0 aliphatic rings. The van der Waals surface area contributed by atoms with Crippen molar-refractivity contribution in [3.63, 3.8) is 0 Å². The van der Waals surface area contributed by atoms with Gasteiger partial charge in [-0.25, -0.2) is 0 Å². The van der Waals surface area contributed by atoms with E-state index in [1.54, 1.807) is 0 Å². The molecule has 0 spiro atoms. The van der Waals surface area contributed by atoms with E-state index in [1.165, 1.54) is 0 Å². The molecule has 0 fully saturated rings. The maximum absolute atomic E-state index is 7.50. The molecule has 1 rings (SSSR count). The first-order valence-electron chi connectivity index (χ1n) is 2.81. The van der Waals surface area contributed by atoms with Crippen LogP contribution in [0.1, 0.15) is 0 Å². The molecule has 0 amide bonds. The van der Waals surface area contributed by atoms with E-state index in [9.17, 15) is 0 Å². The Labute approximate surface area is 93.4 Å². The molecule has 0 aliphatic heterocycles.